The number of hydrogen-bond acceptors (Lipinski definition) is 6. The van der Waals surface area contributed by atoms with Crippen LogP contribution in [0.5, 0.6) is 0 Å². The second-order valence-corrected chi connectivity index (χ2v) is 11.4. The minimum Gasteiger partial charge on any atom is -0.470 e. The minimum absolute atomic E-state index is 0.292. The fourth-order valence-corrected chi connectivity index (χ4v) is 5.23. The molecule has 5 rings (SSSR count). The number of benzene rings is 4. The van der Waals surface area contributed by atoms with Gasteiger partial charge in [-0.1, -0.05) is 144 Å². The summed E-state index contributed by atoms with van der Waals surface area (Å²) in [7, 11) is 0. The second kappa shape index (κ2) is 18.0. The predicted octanol–water partition coefficient (Wildman–Crippen LogP) is 7.65. The molecule has 7 heteroatoms. The smallest absolute Gasteiger partial charge is 0.228 e. The molecule has 4 aromatic rings. The highest BCUT2D eigenvalue weighted by atomic mass is 127. The first-order valence-electron chi connectivity index (χ1n) is 14.9. The molecular formula is C37H39IO6. The van der Waals surface area contributed by atoms with Crippen LogP contribution in [0.4, 0.5) is 0 Å². The number of hydrogen-bond donors (Lipinski definition) is 0. The molecule has 4 aromatic carbocycles. The van der Waals surface area contributed by atoms with Gasteiger partial charge >= 0.3 is 0 Å². The van der Waals surface area contributed by atoms with E-state index in [1.54, 1.807) is 6.26 Å². The highest BCUT2D eigenvalue weighted by Gasteiger charge is 2.49. The molecule has 5 atom stereocenters. The minimum atomic E-state index is -0.736. The average Bonchev–Trinajstić information content (AvgIpc) is 3.08. The van der Waals surface area contributed by atoms with Crippen LogP contribution in [0, 0.1) is 0 Å². The van der Waals surface area contributed by atoms with Gasteiger partial charge in [0, 0.05) is 4.43 Å². The monoisotopic (exact) mass is 706 g/mol. The topological polar surface area (TPSA) is 55.4 Å². The Labute approximate surface area is 274 Å². The highest BCUT2D eigenvalue weighted by Crippen LogP contribution is 2.31. The fraction of sp³-hybridized carbons (Fsp3) is 0.297. The first kappa shape index (κ1) is 32.3. The van der Waals surface area contributed by atoms with Gasteiger partial charge in [0.25, 0.3) is 0 Å². The van der Waals surface area contributed by atoms with Crippen molar-refractivity contribution in [3.05, 3.63) is 156 Å². The Morgan fingerprint density at radius 1 is 0.545 bits per heavy atom. The van der Waals surface area contributed by atoms with Crippen LogP contribution in [-0.2, 0) is 54.8 Å². The Balaban J connectivity index is 1.42. The third-order valence-electron chi connectivity index (χ3n) is 7.24. The molecule has 0 saturated carbocycles. The van der Waals surface area contributed by atoms with Crippen molar-refractivity contribution < 1.29 is 28.4 Å². The van der Waals surface area contributed by atoms with Gasteiger partial charge in [0.05, 0.1) is 39.3 Å². The first-order chi connectivity index (χ1) is 21.8. The molecule has 0 N–H and O–H groups in total. The maximum absolute atomic E-state index is 6.71. The molecule has 1 unspecified atom stereocenters. The van der Waals surface area contributed by atoms with Crippen LogP contribution < -0.4 is 0 Å². The Bertz CT molecular complexity index is 1360. The van der Waals surface area contributed by atoms with Gasteiger partial charge in [-0.2, -0.15) is 0 Å². The van der Waals surface area contributed by atoms with Crippen molar-refractivity contribution in [1.82, 2.24) is 0 Å². The second-order valence-electron chi connectivity index (χ2n) is 10.5. The zero-order chi connectivity index (χ0) is 30.2. The van der Waals surface area contributed by atoms with Gasteiger partial charge in [0.15, 0.2) is 0 Å². The van der Waals surface area contributed by atoms with Crippen LogP contribution >= 0.6 is 22.6 Å². The molecule has 1 heterocycles. The fourth-order valence-electron chi connectivity index (χ4n) is 5.03. The molecule has 0 amide bonds. The van der Waals surface area contributed by atoms with Crippen LogP contribution in [0.2, 0.25) is 0 Å². The molecule has 1 saturated heterocycles. The molecule has 230 valence electrons. The Kier molecular flexibility index (Phi) is 13.3. The van der Waals surface area contributed by atoms with E-state index in [9.17, 15) is 0 Å². The van der Waals surface area contributed by atoms with Crippen LogP contribution in [0.25, 0.3) is 0 Å². The summed E-state index contributed by atoms with van der Waals surface area (Å²) in [5.74, 6) is 0. The van der Waals surface area contributed by atoms with Crippen molar-refractivity contribution in [3.63, 3.8) is 0 Å². The molecule has 6 nitrogen and oxygen atoms in total. The summed E-state index contributed by atoms with van der Waals surface area (Å²) in [5.41, 5.74) is 4.25. The number of rotatable bonds is 16. The quantitative estimate of drug-likeness (QED) is 0.0679. The van der Waals surface area contributed by atoms with Gasteiger partial charge in [-0.25, -0.2) is 0 Å². The van der Waals surface area contributed by atoms with Crippen molar-refractivity contribution in [2.45, 2.75) is 57.1 Å². The van der Waals surface area contributed by atoms with E-state index in [4.69, 9.17) is 28.4 Å². The maximum atomic E-state index is 6.71. The summed E-state index contributed by atoms with van der Waals surface area (Å²) in [6.45, 7) is 1.89. The standard InChI is InChI=1S/C37H39IO6/c38-22-13-23-40-37-36(43-27-32-20-11-4-12-21-32)35(42-26-31-18-9-3-10-19-31)34(41-25-30-16-7-2-8-17-30)33(44-37)28-39-24-29-14-5-1-6-15-29/h1-21,23,33-37H,22,24-28H2/b23-13+/t33-,34+,35+,36-,37?/m1/s1. The van der Waals surface area contributed by atoms with Crippen LogP contribution in [0.3, 0.4) is 0 Å². The predicted molar refractivity (Wildman–Crippen MR) is 179 cm³/mol. The average molecular weight is 707 g/mol. The lowest BCUT2D eigenvalue weighted by Gasteiger charge is -2.45. The number of ether oxygens (including phenoxy) is 6. The summed E-state index contributed by atoms with van der Waals surface area (Å²) in [4.78, 5) is 0. The molecule has 0 bridgehead atoms. The van der Waals surface area contributed by atoms with Gasteiger partial charge in [-0.15, -0.1) is 0 Å². The van der Waals surface area contributed by atoms with Crippen molar-refractivity contribution in [3.8, 4) is 0 Å². The molecule has 0 aromatic heterocycles. The molecule has 0 aliphatic carbocycles. The van der Waals surface area contributed by atoms with Crippen molar-refractivity contribution in [2.75, 3.05) is 11.0 Å². The summed E-state index contributed by atoms with van der Waals surface area (Å²) in [6.07, 6.45) is 0.819. The van der Waals surface area contributed by atoms with Gasteiger partial charge in [0.1, 0.15) is 24.4 Å². The third kappa shape index (κ3) is 9.99. The van der Waals surface area contributed by atoms with Gasteiger partial charge < -0.3 is 28.4 Å². The molecular weight excluding hydrogens is 667 g/mol. The first-order valence-corrected chi connectivity index (χ1v) is 16.4. The lowest BCUT2D eigenvalue weighted by Crippen LogP contribution is -2.61. The maximum Gasteiger partial charge on any atom is 0.228 e. The highest BCUT2D eigenvalue weighted by molar-refractivity contribution is 14.1. The number of alkyl halides is 1. The van der Waals surface area contributed by atoms with E-state index in [-0.39, 0.29) is 0 Å². The van der Waals surface area contributed by atoms with E-state index in [1.165, 1.54) is 0 Å². The van der Waals surface area contributed by atoms with E-state index >= 15 is 0 Å². The molecule has 1 aliphatic heterocycles. The van der Waals surface area contributed by atoms with Crippen molar-refractivity contribution >= 4 is 22.6 Å². The van der Waals surface area contributed by atoms with Crippen molar-refractivity contribution in [2.24, 2.45) is 0 Å². The molecule has 0 radical (unpaired) electrons. The third-order valence-corrected chi connectivity index (χ3v) is 7.75. The lowest BCUT2D eigenvalue weighted by atomic mass is 9.97. The van der Waals surface area contributed by atoms with E-state index in [0.29, 0.717) is 33.0 Å². The SMILES string of the molecule is IC/C=C/OC1O[C@H](COCc2ccccc2)[C@H](OCc2ccccc2)[C@H](OCc2ccccc2)[C@H]1OCc1ccccc1. The zero-order valence-electron chi connectivity index (χ0n) is 24.7. The molecule has 0 spiro atoms. The van der Waals surface area contributed by atoms with E-state index in [2.05, 4.69) is 46.9 Å². The summed E-state index contributed by atoms with van der Waals surface area (Å²) >= 11 is 2.28. The lowest BCUT2D eigenvalue weighted by molar-refractivity contribution is -0.318. The summed E-state index contributed by atoms with van der Waals surface area (Å²) in [6, 6.07) is 40.4. The number of halogens is 1. The van der Waals surface area contributed by atoms with Crippen molar-refractivity contribution in [1.29, 1.82) is 0 Å². The molecule has 44 heavy (non-hydrogen) atoms. The van der Waals surface area contributed by atoms with E-state index < -0.39 is 30.7 Å². The zero-order valence-corrected chi connectivity index (χ0v) is 26.8. The van der Waals surface area contributed by atoms with Crippen LogP contribution in [0.15, 0.2) is 134 Å². The largest absolute Gasteiger partial charge is 0.470 e. The Hall–Kier alpha value is -3.05. The van der Waals surface area contributed by atoms with E-state index in [1.807, 2.05) is 103 Å². The summed E-state index contributed by atoms with van der Waals surface area (Å²) in [5, 5.41) is 0. The number of allylic oxidation sites excluding steroid dienone is 1. The summed E-state index contributed by atoms with van der Waals surface area (Å²) < 4.78 is 39.8. The molecule has 1 fully saturated rings. The van der Waals surface area contributed by atoms with Gasteiger partial charge in [-0.3, -0.25) is 0 Å². The van der Waals surface area contributed by atoms with Gasteiger partial charge in [0.2, 0.25) is 6.29 Å². The van der Waals surface area contributed by atoms with Crippen LogP contribution in [-0.4, -0.2) is 41.7 Å². The van der Waals surface area contributed by atoms with Crippen LogP contribution in [0.1, 0.15) is 22.3 Å². The molecule has 1 aliphatic rings. The normalized spacial score (nSPS) is 21.8. The van der Waals surface area contributed by atoms with Gasteiger partial charge in [-0.05, 0) is 28.3 Å². The Morgan fingerprint density at radius 2 is 0.977 bits per heavy atom. The van der Waals surface area contributed by atoms with E-state index in [0.717, 1.165) is 26.7 Å². The Morgan fingerprint density at radius 3 is 1.45 bits per heavy atom.